The van der Waals surface area contributed by atoms with E-state index in [0.29, 0.717) is 0 Å². The van der Waals surface area contributed by atoms with Gasteiger partial charge in [0.05, 0.1) is 11.1 Å². The summed E-state index contributed by atoms with van der Waals surface area (Å²) in [4.78, 5) is 5.48. The average molecular weight is 1060 g/mol. The van der Waals surface area contributed by atoms with E-state index in [0.717, 1.165) is 12.8 Å². The maximum atomic E-state index is 2.74. The predicted molar refractivity (Wildman–Crippen MR) is 351 cm³/mol. The molecule has 0 amide bonds. The molecule has 4 unspecified atom stereocenters. The molecule has 12 aromatic carbocycles. The molecule has 2 aliphatic heterocycles. The zero-order chi connectivity index (χ0) is 55.7. The zero-order valence-electron chi connectivity index (χ0n) is 48.9. The number of nitrogens with zero attached hydrogens (tertiary/aromatic N) is 2. The lowest BCUT2D eigenvalue weighted by molar-refractivity contribution is 0.0484. The van der Waals surface area contributed by atoms with Gasteiger partial charge in [0.2, 0.25) is 0 Å². The molecule has 2 saturated carbocycles. The Labute approximate surface area is 484 Å². The number of benzene rings is 12. The highest BCUT2D eigenvalue weighted by Gasteiger charge is 2.66. The Hall–Kier alpha value is -8.20. The van der Waals surface area contributed by atoms with Gasteiger partial charge >= 0.3 is 0 Å². The topological polar surface area (TPSA) is 6.48 Å². The van der Waals surface area contributed by atoms with Gasteiger partial charge in [-0.15, -0.1) is 0 Å². The molecular weight excluding hydrogens is 989 g/mol. The fourth-order valence-electron chi connectivity index (χ4n) is 18.1. The molecule has 12 aromatic rings. The Morgan fingerprint density at radius 1 is 0.293 bits per heavy atom. The Kier molecular flexibility index (Phi) is 10.4. The van der Waals surface area contributed by atoms with Crippen LogP contribution in [0.4, 0.5) is 22.7 Å². The molecule has 0 radical (unpaired) electrons. The second kappa shape index (κ2) is 17.2. The van der Waals surface area contributed by atoms with Gasteiger partial charge < -0.3 is 9.80 Å². The first-order valence-corrected chi connectivity index (χ1v) is 30.4. The van der Waals surface area contributed by atoms with Crippen LogP contribution in [-0.2, 0) is 10.8 Å². The van der Waals surface area contributed by atoms with E-state index >= 15 is 0 Å². The molecule has 0 bridgehead atoms. The zero-order valence-corrected chi connectivity index (χ0v) is 48.9. The van der Waals surface area contributed by atoms with Gasteiger partial charge in [-0.3, -0.25) is 0 Å². The van der Waals surface area contributed by atoms with Gasteiger partial charge in [-0.1, -0.05) is 212 Å². The number of anilines is 4. The smallest absolute Gasteiger partial charge is 0.0568 e. The summed E-state index contributed by atoms with van der Waals surface area (Å²) in [5.74, 6) is 0. The van der Waals surface area contributed by atoms with Crippen LogP contribution in [0.5, 0.6) is 0 Å². The standard InChI is InChI=1S/C80H72N2/c1-75(2)43-21-45-77(5)69-47-53(35-41-71(69)81(79(75,77)7)55-27-11-9-12-28-55)65-49-67(59-33-19-25-51-23-15-17-31-57(51)59)63-40-38-62-66(50-68(64-39-37-61(65)73(63)74(62)64)60-34-20-26-52-24-16-18-32-58(52)60)54-36-42-72-70(48-54)78(6)46-22-44-76(3,4)80(78,8)82(72)56-29-13-10-14-30-56/h9-20,23-42,47-50H,21-22,43-46H2,1-8H3. The van der Waals surface area contributed by atoms with Gasteiger partial charge in [0.15, 0.2) is 0 Å². The van der Waals surface area contributed by atoms with E-state index in [1.807, 2.05) is 0 Å². The van der Waals surface area contributed by atoms with E-state index < -0.39 is 0 Å². The van der Waals surface area contributed by atoms with Crippen LogP contribution in [0.25, 0.3) is 98.4 Å². The molecule has 402 valence electrons. The molecule has 2 heterocycles. The van der Waals surface area contributed by atoms with Crippen molar-refractivity contribution in [1.82, 2.24) is 0 Å². The fraction of sp³-hybridized carbons (Fsp3) is 0.250. The summed E-state index contributed by atoms with van der Waals surface area (Å²) in [6.07, 6.45) is 7.12. The molecule has 0 spiro atoms. The summed E-state index contributed by atoms with van der Waals surface area (Å²) in [6, 6.07) is 84.5. The molecule has 0 saturated heterocycles. The lowest BCUT2D eigenvalue weighted by Gasteiger charge is -2.59. The minimum Gasteiger partial charge on any atom is -0.334 e. The van der Waals surface area contributed by atoms with Crippen molar-refractivity contribution in [1.29, 1.82) is 0 Å². The van der Waals surface area contributed by atoms with E-state index in [1.54, 1.807) is 0 Å². The van der Waals surface area contributed by atoms with Gasteiger partial charge in [0.25, 0.3) is 0 Å². The molecule has 16 rings (SSSR count). The Bertz CT molecular complexity index is 4300. The maximum absolute atomic E-state index is 2.74. The van der Waals surface area contributed by atoms with Crippen LogP contribution in [0.15, 0.2) is 218 Å². The quantitative estimate of drug-likeness (QED) is 0.153. The summed E-state index contributed by atoms with van der Waals surface area (Å²) in [5.41, 5.74) is 18.1. The van der Waals surface area contributed by atoms with Gasteiger partial charge in [0.1, 0.15) is 0 Å². The van der Waals surface area contributed by atoms with Crippen LogP contribution in [0.3, 0.4) is 0 Å². The first kappa shape index (κ1) is 49.6. The van der Waals surface area contributed by atoms with Gasteiger partial charge in [-0.2, -0.15) is 0 Å². The molecule has 4 atom stereocenters. The molecule has 2 nitrogen and oxygen atoms in total. The summed E-state index contributed by atoms with van der Waals surface area (Å²) in [7, 11) is 0. The summed E-state index contributed by atoms with van der Waals surface area (Å²) in [6.45, 7) is 20.5. The number of hydrogen-bond acceptors (Lipinski definition) is 2. The molecule has 2 fully saturated rings. The van der Waals surface area contributed by atoms with Crippen molar-refractivity contribution in [3.63, 3.8) is 0 Å². The van der Waals surface area contributed by atoms with Crippen molar-refractivity contribution in [3.8, 4) is 44.5 Å². The van der Waals surface area contributed by atoms with Crippen molar-refractivity contribution >= 4 is 76.6 Å². The minimum atomic E-state index is -0.146. The highest BCUT2D eigenvalue weighted by atomic mass is 15.3. The molecule has 82 heavy (non-hydrogen) atoms. The SMILES string of the molecule is CC1(C)CCCC2(C)c3cc(-c4cc(-c5cccc6ccccc56)c5ccc6c(-c7ccc8c(c7)C7(C)CCCC(C)(C)C7(C)N8c7ccccc7)cc(-c7cccc8ccccc78)c7ccc4c5c67)ccc3N(c3ccccc3)C12C. The highest BCUT2D eigenvalue weighted by molar-refractivity contribution is 6.33. The van der Waals surface area contributed by atoms with Crippen molar-refractivity contribution in [2.24, 2.45) is 10.8 Å². The number of hydrogen-bond donors (Lipinski definition) is 0. The highest BCUT2D eigenvalue weighted by Crippen LogP contribution is 2.68. The van der Waals surface area contributed by atoms with Crippen LogP contribution in [0, 0.1) is 10.8 Å². The van der Waals surface area contributed by atoms with Crippen molar-refractivity contribution < 1.29 is 0 Å². The first-order valence-electron chi connectivity index (χ1n) is 30.4. The van der Waals surface area contributed by atoms with Gasteiger partial charge in [-0.25, -0.2) is 0 Å². The van der Waals surface area contributed by atoms with E-state index in [-0.39, 0.29) is 32.7 Å². The largest absolute Gasteiger partial charge is 0.334 e. The normalized spacial score (nSPS) is 23.4. The third kappa shape index (κ3) is 6.36. The second-order valence-corrected chi connectivity index (χ2v) is 27.2. The average Bonchev–Trinajstić information content (AvgIpc) is 2.09. The van der Waals surface area contributed by atoms with Crippen LogP contribution in [-0.4, -0.2) is 11.1 Å². The number of fused-ring (bicyclic) bond motifs is 8. The van der Waals surface area contributed by atoms with Crippen LogP contribution in [0.2, 0.25) is 0 Å². The minimum absolute atomic E-state index is 0.0630. The van der Waals surface area contributed by atoms with Gasteiger partial charge in [-0.05, 0) is 221 Å². The number of para-hydroxylation sites is 2. The van der Waals surface area contributed by atoms with Crippen LogP contribution < -0.4 is 9.80 Å². The molecule has 0 aromatic heterocycles. The van der Waals surface area contributed by atoms with Gasteiger partial charge in [0, 0.05) is 33.6 Å². The molecule has 4 aliphatic rings. The predicted octanol–water partition coefficient (Wildman–Crippen LogP) is 22.3. The summed E-state index contributed by atoms with van der Waals surface area (Å²) < 4.78 is 0. The summed E-state index contributed by atoms with van der Waals surface area (Å²) in [5, 5.41) is 12.9. The van der Waals surface area contributed by atoms with Crippen molar-refractivity contribution in [2.45, 2.75) is 116 Å². The number of rotatable bonds is 6. The van der Waals surface area contributed by atoms with E-state index in [2.05, 4.69) is 284 Å². The lowest BCUT2D eigenvalue weighted by atomic mass is 9.51. The van der Waals surface area contributed by atoms with E-state index in [4.69, 9.17) is 0 Å². The molecule has 2 heteroatoms. The molecular formula is C80H72N2. The first-order chi connectivity index (χ1) is 39.7. The monoisotopic (exact) mass is 1060 g/mol. The second-order valence-electron chi connectivity index (χ2n) is 27.2. The van der Waals surface area contributed by atoms with Crippen molar-refractivity contribution in [2.75, 3.05) is 9.80 Å². The lowest BCUT2D eigenvalue weighted by Crippen LogP contribution is -2.64. The third-order valence-electron chi connectivity index (χ3n) is 23.0. The Morgan fingerprint density at radius 2 is 0.659 bits per heavy atom. The van der Waals surface area contributed by atoms with Crippen LogP contribution >= 0.6 is 0 Å². The molecule has 2 aliphatic carbocycles. The van der Waals surface area contributed by atoms with E-state index in [1.165, 1.54) is 158 Å². The Morgan fingerprint density at radius 3 is 1.07 bits per heavy atom. The third-order valence-corrected chi connectivity index (χ3v) is 23.0. The van der Waals surface area contributed by atoms with E-state index in [9.17, 15) is 0 Å². The van der Waals surface area contributed by atoms with Crippen LogP contribution in [0.1, 0.15) is 105 Å². The maximum Gasteiger partial charge on any atom is 0.0568 e. The summed E-state index contributed by atoms with van der Waals surface area (Å²) >= 11 is 0. The Balaban J connectivity index is 1.01. The fourth-order valence-corrected chi connectivity index (χ4v) is 18.1. The molecule has 0 N–H and O–H groups in total. The van der Waals surface area contributed by atoms with Crippen molar-refractivity contribution in [3.05, 3.63) is 230 Å².